The van der Waals surface area contributed by atoms with Crippen molar-refractivity contribution in [2.75, 3.05) is 7.05 Å². The number of quaternary nitrogens is 1. The van der Waals surface area contributed by atoms with Crippen molar-refractivity contribution in [1.29, 1.82) is 0 Å². The molecule has 0 aliphatic heterocycles. The van der Waals surface area contributed by atoms with E-state index in [4.69, 9.17) is 16.3 Å². The first-order chi connectivity index (χ1) is 11.0. The standard InChI is InChI=1S/C19H22ClNO2/c1-13(2)23-19(15-9-11-16(20)12-10-15)17(21-3)18(22)14-7-5-4-6-8-14/h4-13,17,19,21H,1-3H3/p+1/t17-,19-/m0/s1. The third-order valence-corrected chi connectivity index (χ3v) is 3.92. The van der Waals surface area contributed by atoms with Gasteiger partial charge in [-0.2, -0.15) is 0 Å². The van der Waals surface area contributed by atoms with Crippen molar-refractivity contribution in [1.82, 2.24) is 0 Å². The highest BCUT2D eigenvalue weighted by molar-refractivity contribution is 6.30. The molecule has 2 aromatic rings. The Morgan fingerprint density at radius 2 is 1.65 bits per heavy atom. The number of ether oxygens (including phenoxy) is 1. The van der Waals surface area contributed by atoms with Crippen molar-refractivity contribution in [3.8, 4) is 0 Å². The third kappa shape index (κ3) is 4.64. The number of carbonyl (C=O) groups is 1. The van der Waals surface area contributed by atoms with Crippen LogP contribution in [-0.4, -0.2) is 25.0 Å². The first kappa shape index (κ1) is 17.7. The lowest BCUT2D eigenvalue weighted by Gasteiger charge is -2.26. The molecule has 0 aromatic heterocycles. The lowest BCUT2D eigenvalue weighted by atomic mass is 9.94. The van der Waals surface area contributed by atoms with Crippen molar-refractivity contribution >= 4 is 17.4 Å². The van der Waals surface area contributed by atoms with Crippen molar-refractivity contribution in [3.05, 3.63) is 70.7 Å². The summed E-state index contributed by atoms with van der Waals surface area (Å²) in [5.74, 6) is 0.0636. The molecule has 0 bridgehead atoms. The summed E-state index contributed by atoms with van der Waals surface area (Å²) < 4.78 is 6.08. The van der Waals surface area contributed by atoms with Crippen molar-refractivity contribution in [2.45, 2.75) is 32.1 Å². The Hall–Kier alpha value is -1.68. The van der Waals surface area contributed by atoms with E-state index in [1.54, 1.807) is 0 Å². The maximum absolute atomic E-state index is 12.9. The van der Waals surface area contributed by atoms with Crippen LogP contribution in [0, 0.1) is 0 Å². The number of halogens is 1. The molecule has 2 N–H and O–H groups in total. The molecule has 2 aromatic carbocycles. The summed E-state index contributed by atoms with van der Waals surface area (Å²) in [7, 11) is 1.90. The Kier molecular flexibility index (Phi) is 6.34. The van der Waals surface area contributed by atoms with Gasteiger partial charge in [0.25, 0.3) is 0 Å². The second-order valence-electron chi connectivity index (χ2n) is 5.75. The van der Waals surface area contributed by atoms with Gasteiger partial charge >= 0.3 is 0 Å². The van der Waals surface area contributed by atoms with Crippen LogP contribution in [0.1, 0.15) is 35.9 Å². The molecule has 23 heavy (non-hydrogen) atoms. The van der Waals surface area contributed by atoms with Crippen molar-refractivity contribution < 1.29 is 14.8 Å². The van der Waals surface area contributed by atoms with Gasteiger partial charge in [0.1, 0.15) is 6.10 Å². The molecule has 0 radical (unpaired) electrons. The van der Waals surface area contributed by atoms with Crippen LogP contribution in [0.3, 0.4) is 0 Å². The van der Waals surface area contributed by atoms with E-state index < -0.39 is 0 Å². The van der Waals surface area contributed by atoms with Crippen LogP contribution < -0.4 is 5.32 Å². The quantitative estimate of drug-likeness (QED) is 0.791. The van der Waals surface area contributed by atoms with Crippen LogP contribution in [0.15, 0.2) is 54.6 Å². The van der Waals surface area contributed by atoms with Gasteiger partial charge in [0.05, 0.1) is 13.2 Å². The minimum atomic E-state index is -0.346. The van der Waals surface area contributed by atoms with Crippen LogP contribution in [0.5, 0.6) is 0 Å². The topological polar surface area (TPSA) is 42.9 Å². The van der Waals surface area contributed by atoms with Crippen LogP contribution in [0.4, 0.5) is 0 Å². The molecular formula is C19H23ClNO2+. The number of hydrogen-bond acceptors (Lipinski definition) is 2. The fraction of sp³-hybridized carbons (Fsp3) is 0.316. The van der Waals surface area contributed by atoms with Crippen molar-refractivity contribution in [2.24, 2.45) is 0 Å². The third-order valence-electron chi connectivity index (χ3n) is 3.66. The molecule has 2 atom stereocenters. The fourth-order valence-corrected chi connectivity index (χ4v) is 2.70. The van der Waals surface area contributed by atoms with Gasteiger partial charge < -0.3 is 10.1 Å². The van der Waals surface area contributed by atoms with E-state index in [9.17, 15) is 4.79 Å². The van der Waals surface area contributed by atoms with Crippen LogP contribution in [0.2, 0.25) is 5.02 Å². The zero-order chi connectivity index (χ0) is 16.8. The Morgan fingerprint density at radius 3 is 2.17 bits per heavy atom. The number of Topliss-reactive ketones (excluding diaryl/α,β-unsaturated/α-hetero) is 1. The molecule has 0 fully saturated rings. The van der Waals surface area contributed by atoms with E-state index in [1.165, 1.54) is 0 Å². The molecule has 0 amide bonds. The molecule has 0 saturated heterocycles. The average molecular weight is 333 g/mol. The van der Waals surface area contributed by atoms with Crippen LogP contribution >= 0.6 is 11.6 Å². The zero-order valence-corrected chi connectivity index (χ0v) is 14.5. The van der Waals surface area contributed by atoms with Gasteiger partial charge in [-0.25, -0.2) is 0 Å². The molecule has 122 valence electrons. The lowest BCUT2D eigenvalue weighted by molar-refractivity contribution is -0.658. The second-order valence-corrected chi connectivity index (χ2v) is 6.18. The fourth-order valence-electron chi connectivity index (χ4n) is 2.57. The molecule has 0 aliphatic carbocycles. The molecule has 0 aliphatic rings. The maximum atomic E-state index is 12.9. The summed E-state index contributed by atoms with van der Waals surface area (Å²) in [5, 5.41) is 2.58. The van der Waals surface area contributed by atoms with E-state index in [2.05, 4.69) is 0 Å². The maximum Gasteiger partial charge on any atom is 0.222 e. The van der Waals surface area contributed by atoms with E-state index in [1.807, 2.05) is 80.8 Å². The summed E-state index contributed by atoms with van der Waals surface area (Å²) >= 11 is 5.98. The minimum Gasteiger partial charge on any atom is -0.364 e. The smallest absolute Gasteiger partial charge is 0.222 e. The van der Waals surface area contributed by atoms with E-state index in [-0.39, 0.29) is 24.0 Å². The van der Waals surface area contributed by atoms with Gasteiger partial charge in [-0.1, -0.05) is 54.1 Å². The van der Waals surface area contributed by atoms with E-state index >= 15 is 0 Å². The molecule has 0 spiro atoms. The van der Waals surface area contributed by atoms with E-state index in [0.717, 1.165) is 5.56 Å². The second kappa shape index (κ2) is 8.25. The molecule has 0 heterocycles. The summed E-state index contributed by atoms with van der Waals surface area (Å²) in [4.78, 5) is 12.9. The van der Waals surface area contributed by atoms with Gasteiger partial charge in [-0.3, -0.25) is 4.79 Å². The number of likely N-dealkylation sites (N-methyl/N-ethyl adjacent to an activating group) is 1. The lowest BCUT2D eigenvalue weighted by Crippen LogP contribution is -2.89. The number of ketones is 1. The molecule has 0 saturated carbocycles. The summed E-state index contributed by atoms with van der Waals surface area (Å²) in [6.07, 6.45) is -0.313. The van der Waals surface area contributed by atoms with Gasteiger partial charge in [0.15, 0.2) is 6.04 Å². The number of hydrogen-bond donors (Lipinski definition) is 1. The van der Waals surface area contributed by atoms with E-state index in [0.29, 0.717) is 10.6 Å². The predicted molar refractivity (Wildman–Crippen MR) is 92.8 cm³/mol. The average Bonchev–Trinajstić information content (AvgIpc) is 2.55. The van der Waals surface area contributed by atoms with Gasteiger partial charge in [0, 0.05) is 10.6 Å². The van der Waals surface area contributed by atoms with Crippen LogP contribution in [0.25, 0.3) is 0 Å². The molecule has 0 unspecified atom stereocenters. The first-order valence-electron chi connectivity index (χ1n) is 7.82. The highest BCUT2D eigenvalue weighted by atomic mass is 35.5. The van der Waals surface area contributed by atoms with Gasteiger partial charge in [0.2, 0.25) is 5.78 Å². The Bertz CT molecular complexity index is 626. The number of rotatable bonds is 7. The predicted octanol–water partition coefficient (Wildman–Crippen LogP) is 3.25. The molecule has 4 heteroatoms. The van der Waals surface area contributed by atoms with Crippen molar-refractivity contribution in [3.63, 3.8) is 0 Å². The molecular weight excluding hydrogens is 310 g/mol. The summed E-state index contributed by atoms with van der Waals surface area (Å²) in [6, 6.07) is 16.5. The summed E-state index contributed by atoms with van der Waals surface area (Å²) in [5.41, 5.74) is 1.65. The van der Waals surface area contributed by atoms with Gasteiger partial charge in [-0.05, 0) is 31.5 Å². The van der Waals surface area contributed by atoms with Gasteiger partial charge in [-0.15, -0.1) is 0 Å². The number of carbonyl (C=O) groups excluding carboxylic acids is 1. The Balaban J connectivity index is 2.35. The summed E-state index contributed by atoms with van der Waals surface area (Å²) in [6.45, 7) is 3.95. The Morgan fingerprint density at radius 1 is 1.04 bits per heavy atom. The number of benzene rings is 2. The Labute approximate surface area is 142 Å². The monoisotopic (exact) mass is 332 g/mol. The number of nitrogens with two attached hydrogens (primary N) is 1. The van der Waals surface area contributed by atoms with Crippen LogP contribution in [-0.2, 0) is 4.74 Å². The first-order valence-corrected chi connectivity index (χ1v) is 8.20. The highest BCUT2D eigenvalue weighted by Crippen LogP contribution is 2.25. The molecule has 2 rings (SSSR count). The normalized spacial score (nSPS) is 13.8. The SMILES string of the molecule is C[NH2+][C@@H](C(=O)c1ccccc1)[C@@H](OC(C)C)c1ccc(Cl)cc1. The molecule has 3 nitrogen and oxygen atoms in total. The zero-order valence-electron chi connectivity index (χ0n) is 13.7. The highest BCUT2D eigenvalue weighted by Gasteiger charge is 2.34. The largest absolute Gasteiger partial charge is 0.364 e. The minimum absolute atomic E-state index is 0.0155.